The van der Waals surface area contributed by atoms with Crippen molar-refractivity contribution >= 4 is 23.1 Å². The Hall–Kier alpha value is -4.06. The molecule has 35 heavy (non-hydrogen) atoms. The Morgan fingerprint density at radius 2 is 1.71 bits per heavy atom. The van der Waals surface area contributed by atoms with Gasteiger partial charge in [0.2, 0.25) is 0 Å². The molecule has 6 heteroatoms. The van der Waals surface area contributed by atoms with Gasteiger partial charge in [0, 0.05) is 5.56 Å². The van der Waals surface area contributed by atoms with Gasteiger partial charge in [0.25, 0.3) is 11.7 Å². The molecule has 0 radical (unpaired) electrons. The van der Waals surface area contributed by atoms with Crippen LogP contribution < -0.4 is 9.64 Å². The normalized spacial score (nSPS) is 17.1. The zero-order valence-corrected chi connectivity index (χ0v) is 20.3. The van der Waals surface area contributed by atoms with Crippen molar-refractivity contribution in [3.63, 3.8) is 0 Å². The molecule has 1 aliphatic rings. The Labute approximate surface area is 205 Å². The van der Waals surface area contributed by atoms with Gasteiger partial charge in [-0.05, 0) is 74.2 Å². The van der Waals surface area contributed by atoms with Crippen molar-refractivity contribution in [2.24, 2.45) is 0 Å². The van der Waals surface area contributed by atoms with E-state index < -0.39 is 17.7 Å². The topological polar surface area (TPSA) is 87.1 Å². The lowest BCUT2D eigenvalue weighted by atomic mass is 9.93. The van der Waals surface area contributed by atoms with Crippen LogP contribution in [0.25, 0.3) is 5.76 Å². The number of rotatable bonds is 6. The number of ketones is 1. The molecule has 4 rings (SSSR count). The predicted octanol–water partition coefficient (Wildman–Crippen LogP) is 5.73. The smallest absolute Gasteiger partial charge is 0.300 e. The molecule has 180 valence electrons. The number of Topliss-reactive ketones (excluding diaryl/α,β-unsaturated/α-hetero) is 1. The molecule has 1 heterocycles. The first-order valence-corrected chi connectivity index (χ1v) is 11.6. The zero-order valence-electron chi connectivity index (χ0n) is 20.3. The molecule has 0 spiro atoms. The first kappa shape index (κ1) is 24.1. The van der Waals surface area contributed by atoms with E-state index >= 15 is 0 Å². The summed E-state index contributed by atoms with van der Waals surface area (Å²) < 4.78 is 5.73. The summed E-state index contributed by atoms with van der Waals surface area (Å²) >= 11 is 0. The highest BCUT2D eigenvalue weighted by atomic mass is 16.5. The third-order valence-corrected chi connectivity index (χ3v) is 6.10. The van der Waals surface area contributed by atoms with E-state index in [9.17, 15) is 19.8 Å². The fourth-order valence-electron chi connectivity index (χ4n) is 4.39. The molecule has 1 aliphatic heterocycles. The van der Waals surface area contributed by atoms with Crippen LogP contribution in [0.5, 0.6) is 11.5 Å². The number of phenols is 1. The second-order valence-corrected chi connectivity index (χ2v) is 8.90. The lowest BCUT2D eigenvalue weighted by Gasteiger charge is -2.26. The number of anilines is 1. The van der Waals surface area contributed by atoms with E-state index in [1.165, 1.54) is 11.0 Å². The maximum absolute atomic E-state index is 13.3. The molecular weight excluding hydrogens is 442 g/mol. The van der Waals surface area contributed by atoms with Gasteiger partial charge in [0.05, 0.1) is 23.9 Å². The second-order valence-electron chi connectivity index (χ2n) is 8.90. The minimum Gasteiger partial charge on any atom is -0.507 e. The van der Waals surface area contributed by atoms with E-state index in [2.05, 4.69) is 0 Å². The molecule has 0 aromatic heterocycles. The van der Waals surface area contributed by atoms with Crippen LogP contribution in [0.1, 0.15) is 47.2 Å². The Morgan fingerprint density at radius 3 is 2.40 bits per heavy atom. The first-order chi connectivity index (χ1) is 16.7. The maximum Gasteiger partial charge on any atom is 0.300 e. The molecule has 0 saturated carbocycles. The highest BCUT2D eigenvalue weighted by Gasteiger charge is 2.47. The van der Waals surface area contributed by atoms with E-state index in [1.54, 1.807) is 30.3 Å². The molecule has 1 unspecified atom stereocenters. The monoisotopic (exact) mass is 471 g/mol. The largest absolute Gasteiger partial charge is 0.507 e. The lowest BCUT2D eigenvalue weighted by molar-refractivity contribution is -0.132. The summed E-state index contributed by atoms with van der Waals surface area (Å²) in [4.78, 5) is 27.9. The number of aliphatic hydroxyl groups is 1. The molecule has 1 atom stereocenters. The SMILES string of the molecule is CCCOc1ccc(/C(O)=C2/C(=O)C(=O)N(c3cc(C)ccc3O)C2c2cccc(C)c2)cc1C. The number of carbonyl (C=O) groups is 2. The van der Waals surface area contributed by atoms with E-state index in [-0.39, 0.29) is 22.8 Å². The maximum atomic E-state index is 13.3. The van der Waals surface area contributed by atoms with Crippen molar-refractivity contribution in [3.8, 4) is 11.5 Å². The number of phenolic OH excluding ortho intramolecular Hbond substituents is 1. The lowest BCUT2D eigenvalue weighted by Crippen LogP contribution is -2.29. The minimum atomic E-state index is -0.904. The molecule has 1 saturated heterocycles. The fraction of sp³-hybridized carbons (Fsp3) is 0.241. The van der Waals surface area contributed by atoms with Crippen LogP contribution in [0.3, 0.4) is 0 Å². The highest BCUT2D eigenvalue weighted by Crippen LogP contribution is 2.45. The van der Waals surface area contributed by atoms with Crippen molar-refractivity contribution in [2.75, 3.05) is 11.5 Å². The minimum absolute atomic E-state index is 0.0249. The summed E-state index contributed by atoms with van der Waals surface area (Å²) in [6.07, 6.45) is 0.868. The molecule has 1 fully saturated rings. The van der Waals surface area contributed by atoms with Crippen LogP contribution >= 0.6 is 0 Å². The number of amides is 1. The Bertz CT molecular complexity index is 1340. The van der Waals surface area contributed by atoms with Gasteiger partial charge < -0.3 is 14.9 Å². The molecule has 1 amide bonds. The summed E-state index contributed by atoms with van der Waals surface area (Å²) in [6.45, 7) is 8.21. The third-order valence-electron chi connectivity index (χ3n) is 6.10. The molecule has 0 bridgehead atoms. The summed E-state index contributed by atoms with van der Waals surface area (Å²) in [5.41, 5.74) is 3.83. The number of aryl methyl sites for hydroxylation is 3. The fourth-order valence-corrected chi connectivity index (χ4v) is 4.39. The number of hydrogen-bond donors (Lipinski definition) is 2. The molecular formula is C29H29NO5. The van der Waals surface area contributed by atoms with Gasteiger partial charge in [-0.25, -0.2) is 0 Å². The van der Waals surface area contributed by atoms with Crippen LogP contribution in [-0.2, 0) is 9.59 Å². The first-order valence-electron chi connectivity index (χ1n) is 11.6. The Balaban J connectivity index is 1.92. The number of carbonyl (C=O) groups excluding carboxylic acids is 2. The second kappa shape index (κ2) is 9.66. The molecule has 0 aliphatic carbocycles. The van der Waals surface area contributed by atoms with Gasteiger partial charge >= 0.3 is 0 Å². The van der Waals surface area contributed by atoms with Gasteiger partial charge in [-0.1, -0.05) is 42.8 Å². The number of benzene rings is 3. The van der Waals surface area contributed by atoms with E-state index in [4.69, 9.17) is 4.74 Å². The van der Waals surface area contributed by atoms with Crippen molar-refractivity contribution in [3.05, 3.63) is 94.1 Å². The number of hydrogen-bond acceptors (Lipinski definition) is 5. The number of aromatic hydroxyl groups is 1. The van der Waals surface area contributed by atoms with Crippen LogP contribution in [0.2, 0.25) is 0 Å². The molecule has 3 aromatic rings. The number of ether oxygens (including phenoxy) is 1. The van der Waals surface area contributed by atoms with Crippen LogP contribution in [0, 0.1) is 20.8 Å². The summed E-state index contributed by atoms with van der Waals surface area (Å²) in [6, 6.07) is 16.6. The van der Waals surface area contributed by atoms with Gasteiger partial charge in [0.15, 0.2) is 0 Å². The zero-order chi connectivity index (χ0) is 25.3. The van der Waals surface area contributed by atoms with Crippen LogP contribution in [0.15, 0.2) is 66.2 Å². The number of aliphatic hydroxyl groups excluding tert-OH is 1. The molecule has 3 aromatic carbocycles. The summed E-state index contributed by atoms with van der Waals surface area (Å²) in [5.74, 6) is -1.31. The summed E-state index contributed by atoms with van der Waals surface area (Å²) in [5, 5.41) is 22.0. The van der Waals surface area contributed by atoms with E-state index in [0.29, 0.717) is 23.5 Å². The molecule has 2 N–H and O–H groups in total. The van der Waals surface area contributed by atoms with Gasteiger partial charge in [-0.3, -0.25) is 14.5 Å². The van der Waals surface area contributed by atoms with Crippen LogP contribution in [0.4, 0.5) is 5.69 Å². The molecule has 6 nitrogen and oxygen atoms in total. The van der Waals surface area contributed by atoms with E-state index in [1.807, 2.05) is 52.0 Å². The Kier molecular flexibility index (Phi) is 6.65. The van der Waals surface area contributed by atoms with Crippen LogP contribution in [-0.4, -0.2) is 28.5 Å². The highest BCUT2D eigenvalue weighted by molar-refractivity contribution is 6.52. The quantitative estimate of drug-likeness (QED) is 0.272. The summed E-state index contributed by atoms with van der Waals surface area (Å²) in [7, 11) is 0. The van der Waals surface area contributed by atoms with Crippen molar-refractivity contribution < 1.29 is 24.5 Å². The average Bonchev–Trinajstić information content (AvgIpc) is 3.09. The van der Waals surface area contributed by atoms with Crippen molar-refractivity contribution in [2.45, 2.75) is 40.2 Å². The van der Waals surface area contributed by atoms with Gasteiger partial charge in [-0.15, -0.1) is 0 Å². The number of nitrogens with zero attached hydrogens (tertiary/aromatic N) is 1. The Morgan fingerprint density at radius 1 is 0.971 bits per heavy atom. The van der Waals surface area contributed by atoms with Crippen molar-refractivity contribution in [1.82, 2.24) is 0 Å². The van der Waals surface area contributed by atoms with E-state index in [0.717, 1.165) is 23.1 Å². The average molecular weight is 472 g/mol. The van der Waals surface area contributed by atoms with Gasteiger partial charge in [0.1, 0.15) is 17.3 Å². The third kappa shape index (κ3) is 4.52. The van der Waals surface area contributed by atoms with Crippen molar-refractivity contribution in [1.29, 1.82) is 0 Å². The van der Waals surface area contributed by atoms with Gasteiger partial charge in [-0.2, -0.15) is 0 Å². The standard InChI is InChI=1S/C29H29NO5/c1-5-13-35-24-12-10-21(16-19(24)4)27(32)25-26(20-8-6-7-17(2)14-20)30(29(34)28(25)33)22-15-18(3)9-11-23(22)31/h6-12,14-16,26,31-32H,5,13H2,1-4H3/b27-25-. The predicted molar refractivity (Wildman–Crippen MR) is 136 cm³/mol.